The van der Waals surface area contributed by atoms with E-state index in [2.05, 4.69) is 15.9 Å². The first kappa shape index (κ1) is 16.5. The molecule has 10 heteroatoms. The lowest BCUT2D eigenvalue weighted by Gasteiger charge is -2.11. The molecule has 1 rings (SSSR count). The number of sulfonamides is 1. The SMILES string of the molecule is CN(C)C(=O)CNS(=O)(=O)c1cc(Br)ccc1[N+](=O)[O-]. The maximum atomic E-state index is 12.0. The Bertz CT molecular complexity index is 644. The molecular weight excluding hydrogens is 354 g/mol. The van der Waals surface area contributed by atoms with Crippen LogP contribution in [0.2, 0.25) is 0 Å². The maximum absolute atomic E-state index is 12.0. The molecule has 1 amide bonds. The van der Waals surface area contributed by atoms with Crippen LogP contribution >= 0.6 is 15.9 Å². The molecule has 1 aromatic rings. The van der Waals surface area contributed by atoms with E-state index in [1.807, 2.05) is 4.72 Å². The number of carbonyl (C=O) groups is 1. The van der Waals surface area contributed by atoms with Gasteiger partial charge in [0.25, 0.3) is 5.69 Å². The van der Waals surface area contributed by atoms with E-state index in [1.54, 1.807) is 0 Å². The minimum Gasteiger partial charge on any atom is -0.348 e. The van der Waals surface area contributed by atoms with Crippen molar-refractivity contribution in [3.63, 3.8) is 0 Å². The molecule has 0 aliphatic carbocycles. The Hall–Kier alpha value is -1.52. The number of halogens is 1. The van der Waals surface area contributed by atoms with Crippen molar-refractivity contribution >= 4 is 37.5 Å². The summed E-state index contributed by atoms with van der Waals surface area (Å²) in [7, 11) is -1.22. The number of nitrogens with zero attached hydrogens (tertiary/aromatic N) is 2. The van der Waals surface area contributed by atoms with Crippen molar-refractivity contribution < 1.29 is 18.1 Å². The second-order valence-electron chi connectivity index (χ2n) is 3.98. The van der Waals surface area contributed by atoms with Gasteiger partial charge in [0, 0.05) is 24.6 Å². The van der Waals surface area contributed by atoms with Crippen LogP contribution in [0.15, 0.2) is 27.6 Å². The lowest BCUT2D eigenvalue weighted by Crippen LogP contribution is -2.36. The third-order valence-corrected chi connectivity index (χ3v) is 4.24. The minimum absolute atomic E-state index is 0.377. The van der Waals surface area contributed by atoms with Gasteiger partial charge in [-0.25, -0.2) is 13.1 Å². The van der Waals surface area contributed by atoms with E-state index in [4.69, 9.17) is 0 Å². The zero-order valence-electron chi connectivity index (χ0n) is 10.7. The summed E-state index contributed by atoms with van der Waals surface area (Å²) in [5.41, 5.74) is -0.557. The summed E-state index contributed by atoms with van der Waals surface area (Å²) in [6.07, 6.45) is 0. The average Bonchev–Trinajstić information content (AvgIpc) is 2.35. The predicted molar refractivity (Wildman–Crippen MR) is 74.7 cm³/mol. The highest BCUT2D eigenvalue weighted by atomic mass is 79.9. The Kier molecular flexibility index (Phi) is 5.20. The third-order valence-electron chi connectivity index (χ3n) is 2.32. The topological polar surface area (TPSA) is 110 Å². The average molecular weight is 366 g/mol. The normalized spacial score (nSPS) is 11.2. The first-order valence-corrected chi connectivity index (χ1v) is 7.56. The highest BCUT2D eigenvalue weighted by molar-refractivity contribution is 9.10. The first-order chi connectivity index (χ1) is 9.15. The van der Waals surface area contributed by atoms with Crippen LogP contribution < -0.4 is 4.72 Å². The molecule has 0 aliphatic heterocycles. The summed E-state index contributed by atoms with van der Waals surface area (Å²) in [5.74, 6) is -0.466. The number of nitro groups is 1. The summed E-state index contributed by atoms with van der Waals surface area (Å²) in [4.78, 5) is 22.1. The van der Waals surface area contributed by atoms with Crippen LogP contribution in [0.3, 0.4) is 0 Å². The standard InChI is InChI=1S/C10H12BrN3O5S/c1-13(2)10(15)6-12-20(18,19)9-5-7(11)3-4-8(9)14(16)17/h3-5,12H,6H2,1-2H3. The Balaban J connectivity index is 3.12. The summed E-state index contributed by atoms with van der Waals surface area (Å²) in [6.45, 7) is -0.473. The largest absolute Gasteiger partial charge is 0.348 e. The predicted octanol–water partition coefficient (Wildman–Crippen LogP) is 0.724. The molecule has 8 nitrogen and oxygen atoms in total. The van der Waals surface area contributed by atoms with Gasteiger partial charge in [-0.2, -0.15) is 0 Å². The first-order valence-electron chi connectivity index (χ1n) is 5.29. The van der Waals surface area contributed by atoms with Gasteiger partial charge in [-0.3, -0.25) is 14.9 Å². The number of carbonyl (C=O) groups excluding carboxylic acids is 1. The van der Waals surface area contributed by atoms with Gasteiger partial charge >= 0.3 is 0 Å². The van der Waals surface area contributed by atoms with Gasteiger partial charge in [0.15, 0.2) is 4.90 Å². The maximum Gasteiger partial charge on any atom is 0.289 e. The molecule has 0 heterocycles. The molecule has 0 saturated carbocycles. The lowest BCUT2D eigenvalue weighted by atomic mass is 10.3. The van der Waals surface area contributed by atoms with E-state index >= 15 is 0 Å². The molecular formula is C10H12BrN3O5S. The third kappa shape index (κ3) is 3.99. The van der Waals surface area contributed by atoms with Gasteiger partial charge in [-0.1, -0.05) is 15.9 Å². The van der Waals surface area contributed by atoms with Crippen molar-refractivity contribution in [1.82, 2.24) is 9.62 Å². The van der Waals surface area contributed by atoms with Crippen LogP contribution in [0.4, 0.5) is 5.69 Å². The molecule has 0 saturated heterocycles. The summed E-state index contributed by atoms with van der Waals surface area (Å²) < 4.78 is 26.5. The van der Waals surface area contributed by atoms with E-state index < -0.39 is 38.0 Å². The highest BCUT2D eigenvalue weighted by Gasteiger charge is 2.26. The number of amides is 1. The van der Waals surface area contributed by atoms with Gasteiger partial charge in [0.1, 0.15) is 0 Å². The summed E-state index contributed by atoms with van der Waals surface area (Å²) in [5, 5.41) is 10.8. The van der Waals surface area contributed by atoms with Crippen molar-refractivity contribution in [2.24, 2.45) is 0 Å². The second kappa shape index (κ2) is 6.29. The molecule has 0 fully saturated rings. The number of hydrogen-bond acceptors (Lipinski definition) is 5. The Morgan fingerprint density at radius 2 is 2.05 bits per heavy atom. The van der Waals surface area contributed by atoms with Crippen LogP contribution in [0.25, 0.3) is 0 Å². The van der Waals surface area contributed by atoms with E-state index in [-0.39, 0.29) is 0 Å². The molecule has 110 valence electrons. The van der Waals surface area contributed by atoms with Crippen LogP contribution in [0, 0.1) is 10.1 Å². The van der Waals surface area contributed by atoms with Gasteiger partial charge in [-0.05, 0) is 12.1 Å². The van der Waals surface area contributed by atoms with Crippen molar-refractivity contribution in [3.05, 3.63) is 32.8 Å². The number of nitro benzene ring substituents is 1. The molecule has 0 aliphatic rings. The Morgan fingerprint density at radius 1 is 1.45 bits per heavy atom. The van der Waals surface area contributed by atoms with E-state index in [9.17, 15) is 23.3 Å². The van der Waals surface area contributed by atoms with Crippen LogP contribution in [-0.2, 0) is 14.8 Å². The highest BCUT2D eigenvalue weighted by Crippen LogP contribution is 2.26. The fraction of sp³-hybridized carbons (Fsp3) is 0.300. The van der Waals surface area contributed by atoms with Crippen molar-refractivity contribution in [2.45, 2.75) is 4.90 Å². The second-order valence-corrected chi connectivity index (χ2v) is 6.63. The fourth-order valence-corrected chi connectivity index (χ4v) is 2.93. The van der Waals surface area contributed by atoms with Crippen LogP contribution in [0.5, 0.6) is 0 Å². The molecule has 0 bridgehead atoms. The van der Waals surface area contributed by atoms with Crippen LogP contribution in [0.1, 0.15) is 0 Å². The zero-order valence-corrected chi connectivity index (χ0v) is 13.1. The molecule has 1 N–H and O–H groups in total. The van der Waals surface area contributed by atoms with Crippen molar-refractivity contribution in [2.75, 3.05) is 20.6 Å². The van der Waals surface area contributed by atoms with Gasteiger partial charge < -0.3 is 4.90 Å². The minimum atomic E-state index is -4.16. The van der Waals surface area contributed by atoms with Crippen molar-refractivity contribution in [1.29, 1.82) is 0 Å². The molecule has 0 unspecified atom stereocenters. The Labute approximate surface area is 124 Å². The summed E-state index contributed by atoms with van der Waals surface area (Å²) in [6, 6.07) is 3.55. The molecule has 0 atom stereocenters. The monoisotopic (exact) mass is 365 g/mol. The number of rotatable bonds is 5. The van der Waals surface area contributed by atoms with E-state index in [1.165, 1.54) is 25.1 Å². The molecule has 0 radical (unpaired) electrons. The molecule has 1 aromatic carbocycles. The number of likely N-dealkylation sites (N-methyl/N-ethyl adjacent to an activating group) is 1. The quantitative estimate of drug-likeness (QED) is 0.610. The van der Waals surface area contributed by atoms with Crippen LogP contribution in [-0.4, -0.2) is 44.8 Å². The fourth-order valence-electron chi connectivity index (χ4n) is 1.25. The summed E-state index contributed by atoms with van der Waals surface area (Å²) >= 11 is 3.05. The molecule has 20 heavy (non-hydrogen) atoms. The van der Waals surface area contributed by atoms with Gasteiger partial charge in [0.2, 0.25) is 15.9 Å². The molecule has 0 aromatic heterocycles. The lowest BCUT2D eigenvalue weighted by molar-refractivity contribution is -0.387. The van der Waals surface area contributed by atoms with E-state index in [0.717, 1.165) is 12.1 Å². The zero-order chi connectivity index (χ0) is 15.5. The number of hydrogen-bond donors (Lipinski definition) is 1. The van der Waals surface area contributed by atoms with Gasteiger partial charge in [0.05, 0.1) is 11.5 Å². The molecule has 0 spiro atoms. The van der Waals surface area contributed by atoms with Crippen molar-refractivity contribution in [3.8, 4) is 0 Å². The smallest absolute Gasteiger partial charge is 0.289 e. The van der Waals surface area contributed by atoms with Gasteiger partial charge in [-0.15, -0.1) is 0 Å². The number of nitrogens with one attached hydrogen (secondary N) is 1. The number of benzene rings is 1. The van der Waals surface area contributed by atoms with E-state index in [0.29, 0.717) is 4.47 Å². The Morgan fingerprint density at radius 3 is 2.55 bits per heavy atom.